The monoisotopic (exact) mass is 696 g/mol. The van der Waals surface area contributed by atoms with Crippen molar-refractivity contribution in [2.45, 2.75) is 37.5 Å². The molecule has 0 bridgehead atoms. The van der Waals surface area contributed by atoms with Gasteiger partial charge in [-0.15, -0.1) is 11.3 Å². The molecule has 1 unspecified atom stereocenters. The van der Waals surface area contributed by atoms with E-state index in [2.05, 4.69) is 182 Å². The lowest BCUT2D eigenvalue weighted by molar-refractivity contribution is 0.803. The van der Waals surface area contributed by atoms with Gasteiger partial charge in [-0.2, -0.15) is 0 Å². The first-order valence-electron chi connectivity index (χ1n) is 19.0. The minimum absolute atomic E-state index is 0.231. The molecule has 0 nitrogen and oxygen atoms in total. The van der Waals surface area contributed by atoms with Crippen molar-refractivity contribution in [1.82, 2.24) is 0 Å². The Morgan fingerprint density at radius 2 is 1.02 bits per heavy atom. The third-order valence-corrected chi connectivity index (χ3v) is 12.7. The van der Waals surface area contributed by atoms with Crippen LogP contribution in [0, 0.1) is 0 Å². The summed E-state index contributed by atoms with van der Waals surface area (Å²) in [6.45, 7) is 0. The molecule has 1 aromatic heterocycles. The highest BCUT2D eigenvalue weighted by atomic mass is 32.1. The van der Waals surface area contributed by atoms with E-state index < -0.39 is 0 Å². The number of aryl methyl sites for hydroxylation is 2. The predicted molar refractivity (Wildman–Crippen MR) is 227 cm³/mol. The Bertz CT molecular complexity index is 2680. The summed E-state index contributed by atoms with van der Waals surface area (Å²) in [4.78, 5) is 0. The van der Waals surface area contributed by atoms with Crippen LogP contribution in [0.1, 0.15) is 56.3 Å². The van der Waals surface area contributed by atoms with Crippen molar-refractivity contribution in [2.24, 2.45) is 0 Å². The Morgan fingerprint density at radius 3 is 1.74 bits per heavy atom. The quantitative estimate of drug-likeness (QED) is 0.148. The molecule has 0 fully saturated rings. The Labute approximate surface area is 316 Å². The number of fused-ring (bicyclic) bond motifs is 8. The summed E-state index contributed by atoms with van der Waals surface area (Å²) in [5.74, 6) is 0.534. The number of thiophene rings is 1. The number of rotatable bonds is 8. The van der Waals surface area contributed by atoms with E-state index >= 15 is 0 Å². The van der Waals surface area contributed by atoms with Gasteiger partial charge in [0.15, 0.2) is 0 Å². The minimum atomic E-state index is 0.231. The highest BCUT2D eigenvalue weighted by Crippen LogP contribution is 2.45. The van der Waals surface area contributed by atoms with Crippen molar-refractivity contribution in [3.8, 4) is 11.1 Å². The van der Waals surface area contributed by atoms with Gasteiger partial charge in [0.2, 0.25) is 0 Å². The third kappa shape index (κ3) is 5.86. The minimum Gasteiger partial charge on any atom is -0.135 e. The van der Waals surface area contributed by atoms with Crippen LogP contribution in [0.25, 0.3) is 42.1 Å². The van der Waals surface area contributed by atoms with E-state index in [1.54, 1.807) is 0 Å². The molecule has 1 atom stereocenters. The fraction of sp³-hybridized carbons (Fsp3) is 0.115. The highest BCUT2D eigenvalue weighted by molar-refractivity contribution is 7.25. The topological polar surface area (TPSA) is 0 Å². The maximum atomic E-state index is 2.58. The molecule has 1 aliphatic rings. The molecule has 0 spiro atoms. The maximum absolute atomic E-state index is 2.58. The molecule has 1 heterocycles. The molecule has 0 saturated carbocycles. The second-order valence-corrected chi connectivity index (χ2v) is 15.8. The summed E-state index contributed by atoms with van der Waals surface area (Å²) in [7, 11) is 0. The molecule has 1 aliphatic carbocycles. The Morgan fingerprint density at radius 1 is 0.434 bits per heavy atom. The molecule has 0 N–H and O–H groups in total. The smallest absolute Gasteiger partial charge is 0.0358 e. The van der Waals surface area contributed by atoms with Crippen molar-refractivity contribution in [3.05, 3.63) is 226 Å². The standard InChI is InChI=1S/C52H40S/c1-4-15-36(16-5-1)46(37-17-6-2-7-18-37)31-35-27-28-39-29-30-40-33-41(42-21-10-11-22-43(42)51(40)48(39)32-35)34-47(38-19-8-3-9-20-38)44-24-14-26-50-52(44)45-23-12-13-25-49(45)53-50/h1-28,32-33,46-47H,29-31,34H2. The van der Waals surface area contributed by atoms with Crippen LogP contribution in [-0.4, -0.2) is 0 Å². The van der Waals surface area contributed by atoms with Crippen LogP contribution in [0.3, 0.4) is 0 Å². The Balaban J connectivity index is 1.09. The molecule has 0 saturated heterocycles. The van der Waals surface area contributed by atoms with Gasteiger partial charge in [0.25, 0.3) is 0 Å². The van der Waals surface area contributed by atoms with Crippen LogP contribution in [0.4, 0.5) is 0 Å². The van der Waals surface area contributed by atoms with Gasteiger partial charge in [-0.3, -0.25) is 0 Å². The van der Waals surface area contributed by atoms with Crippen LogP contribution in [-0.2, 0) is 25.7 Å². The zero-order valence-electron chi connectivity index (χ0n) is 29.7. The van der Waals surface area contributed by atoms with Crippen molar-refractivity contribution < 1.29 is 0 Å². The summed E-state index contributed by atoms with van der Waals surface area (Å²) < 4.78 is 2.73. The van der Waals surface area contributed by atoms with E-state index in [0.717, 1.165) is 25.7 Å². The first-order chi connectivity index (χ1) is 26.3. The first-order valence-corrected chi connectivity index (χ1v) is 19.8. The third-order valence-electron chi connectivity index (χ3n) is 11.6. The van der Waals surface area contributed by atoms with Gasteiger partial charge in [-0.1, -0.05) is 170 Å². The second kappa shape index (κ2) is 13.7. The molecule has 0 aliphatic heterocycles. The van der Waals surface area contributed by atoms with Crippen molar-refractivity contribution in [2.75, 3.05) is 0 Å². The van der Waals surface area contributed by atoms with Gasteiger partial charge < -0.3 is 0 Å². The lowest BCUT2D eigenvalue weighted by Crippen LogP contribution is -2.10. The summed E-state index contributed by atoms with van der Waals surface area (Å²) >= 11 is 1.91. The highest BCUT2D eigenvalue weighted by Gasteiger charge is 2.25. The fourth-order valence-electron chi connectivity index (χ4n) is 9.11. The summed E-state index contributed by atoms with van der Waals surface area (Å²) in [6, 6.07) is 68.2. The van der Waals surface area contributed by atoms with Crippen molar-refractivity contribution >= 4 is 42.3 Å². The van der Waals surface area contributed by atoms with E-state index in [1.165, 1.54) is 86.6 Å². The Kier molecular flexibility index (Phi) is 8.23. The lowest BCUT2D eigenvalue weighted by atomic mass is 9.77. The molecule has 8 aromatic carbocycles. The van der Waals surface area contributed by atoms with Gasteiger partial charge in [-0.25, -0.2) is 0 Å². The largest absolute Gasteiger partial charge is 0.135 e. The van der Waals surface area contributed by atoms with Gasteiger partial charge in [0.1, 0.15) is 0 Å². The van der Waals surface area contributed by atoms with Gasteiger partial charge in [-0.05, 0) is 104 Å². The SMILES string of the molecule is c1ccc(C(Cc2ccc3c(c2)-c2c(cc(CC(c4ccccc4)c4cccc5sc6ccccc6c45)c4ccccc24)CC3)c2ccccc2)cc1. The molecule has 254 valence electrons. The molecular formula is C52H40S. The lowest BCUT2D eigenvalue weighted by Gasteiger charge is -2.27. The first kappa shape index (κ1) is 31.9. The molecule has 10 rings (SSSR count). The zero-order chi connectivity index (χ0) is 35.1. The average Bonchev–Trinajstić information content (AvgIpc) is 3.62. The van der Waals surface area contributed by atoms with Crippen LogP contribution in [0.5, 0.6) is 0 Å². The average molecular weight is 697 g/mol. The molecule has 9 aromatic rings. The Hall–Kier alpha value is -5.76. The summed E-state index contributed by atoms with van der Waals surface area (Å²) in [6.07, 6.45) is 4.05. The van der Waals surface area contributed by atoms with Crippen molar-refractivity contribution in [1.29, 1.82) is 0 Å². The molecule has 53 heavy (non-hydrogen) atoms. The number of hydrogen-bond acceptors (Lipinski definition) is 1. The second-order valence-electron chi connectivity index (χ2n) is 14.7. The zero-order valence-corrected chi connectivity index (χ0v) is 30.5. The van der Waals surface area contributed by atoms with Crippen LogP contribution in [0.15, 0.2) is 182 Å². The van der Waals surface area contributed by atoms with E-state index in [0.29, 0.717) is 5.92 Å². The maximum Gasteiger partial charge on any atom is 0.0358 e. The number of benzene rings is 8. The molecule has 0 amide bonds. The van der Waals surface area contributed by atoms with E-state index in [4.69, 9.17) is 0 Å². The number of hydrogen-bond donors (Lipinski definition) is 0. The van der Waals surface area contributed by atoms with Gasteiger partial charge >= 0.3 is 0 Å². The van der Waals surface area contributed by atoms with Gasteiger partial charge in [0.05, 0.1) is 0 Å². The molecule has 1 heteroatoms. The van der Waals surface area contributed by atoms with Crippen LogP contribution >= 0.6 is 11.3 Å². The van der Waals surface area contributed by atoms with Crippen LogP contribution < -0.4 is 0 Å². The predicted octanol–water partition coefficient (Wildman–Crippen LogP) is 13.7. The normalized spacial score (nSPS) is 13.0. The van der Waals surface area contributed by atoms with E-state index in [9.17, 15) is 0 Å². The molecular weight excluding hydrogens is 657 g/mol. The van der Waals surface area contributed by atoms with E-state index in [1.807, 2.05) is 11.3 Å². The summed E-state index contributed by atoms with van der Waals surface area (Å²) in [5, 5.41) is 5.54. The van der Waals surface area contributed by atoms with Gasteiger partial charge in [0, 0.05) is 32.0 Å². The summed E-state index contributed by atoms with van der Waals surface area (Å²) in [5.41, 5.74) is 14.2. The van der Waals surface area contributed by atoms with Crippen molar-refractivity contribution in [3.63, 3.8) is 0 Å². The van der Waals surface area contributed by atoms with E-state index in [-0.39, 0.29) is 5.92 Å². The van der Waals surface area contributed by atoms with Crippen LogP contribution in [0.2, 0.25) is 0 Å². The fourth-order valence-corrected chi connectivity index (χ4v) is 10.2. The molecule has 0 radical (unpaired) electrons.